The quantitative estimate of drug-likeness (QED) is 0.721. The highest BCUT2D eigenvalue weighted by Gasteiger charge is 2.44. The first-order valence-corrected chi connectivity index (χ1v) is 10.6. The van der Waals surface area contributed by atoms with Crippen molar-refractivity contribution in [3.63, 3.8) is 0 Å². The molecule has 2 aromatic rings. The van der Waals surface area contributed by atoms with E-state index in [1.807, 2.05) is 48.2 Å². The zero-order chi connectivity index (χ0) is 20.3. The summed E-state index contributed by atoms with van der Waals surface area (Å²) in [5.74, 6) is -0.201. The number of carbonyl (C=O) groups is 2. The van der Waals surface area contributed by atoms with Gasteiger partial charge in [0.25, 0.3) is 5.91 Å². The van der Waals surface area contributed by atoms with E-state index in [9.17, 15) is 9.59 Å². The average Bonchev–Trinajstić information content (AvgIpc) is 3.13. The Balaban J connectivity index is 1.40. The van der Waals surface area contributed by atoms with Crippen molar-refractivity contribution < 1.29 is 19.1 Å². The molecule has 0 N–H and O–H groups in total. The van der Waals surface area contributed by atoms with Crippen molar-refractivity contribution >= 4 is 22.8 Å². The smallest absolute Gasteiger partial charge is 0.305 e. The fourth-order valence-electron chi connectivity index (χ4n) is 4.53. The lowest BCUT2D eigenvalue weighted by Crippen LogP contribution is -2.50. The van der Waals surface area contributed by atoms with Crippen molar-refractivity contribution in [2.75, 3.05) is 19.7 Å². The van der Waals surface area contributed by atoms with Crippen LogP contribution < -0.4 is 0 Å². The van der Waals surface area contributed by atoms with Crippen LogP contribution in [0.15, 0.2) is 36.4 Å². The molecule has 29 heavy (non-hydrogen) atoms. The second kappa shape index (κ2) is 8.49. The molecule has 1 amide bonds. The fourth-order valence-corrected chi connectivity index (χ4v) is 4.53. The van der Waals surface area contributed by atoms with Crippen molar-refractivity contribution in [1.29, 1.82) is 0 Å². The molecule has 2 aliphatic rings. The molecule has 0 aliphatic carbocycles. The summed E-state index contributed by atoms with van der Waals surface area (Å²) < 4.78 is 11.4. The van der Waals surface area contributed by atoms with E-state index >= 15 is 0 Å². The van der Waals surface area contributed by atoms with E-state index in [0.717, 1.165) is 43.1 Å². The van der Waals surface area contributed by atoms with Crippen molar-refractivity contribution in [2.24, 2.45) is 0 Å². The number of benzene rings is 1. The molecule has 2 saturated heterocycles. The molecule has 4 rings (SSSR count). The van der Waals surface area contributed by atoms with Gasteiger partial charge in [-0.1, -0.05) is 24.3 Å². The molecule has 0 saturated carbocycles. The number of esters is 1. The van der Waals surface area contributed by atoms with Crippen molar-refractivity contribution in [3.8, 4) is 0 Å². The number of hydrogen-bond acceptors (Lipinski definition) is 5. The van der Waals surface area contributed by atoms with Crippen LogP contribution >= 0.6 is 0 Å². The van der Waals surface area contributed by atoms with Crippen LogP contribution in [0, 0.1) is 0 Å². The summed E-state index contributed by atoms with van der Waals surface area (Å²) in [6.07, 6.45) is 4.86. The molecule has 2 aliphatic heterocycles. The SMILES string of the molecule is CCOC(=O)CC[C@H]1CC[C@]2(CCCN(C(=O)c3ccc4ccccc4n3)C2)O1. The molecule has 0 radical (unpaired) electrons. The van der Waals surface area contributed by atoms with Gasteiger partial charge in [-0.2, -0.15) is 0 Å². The third-order valence-corrected chi connectivity index (χ3v) is 5.96. The number of hydrogen-bond donors (Lipinski definition) is 0. The highest BCUT2D eigenvalue weighted by Crippen LogP contribution is 2.39. The first-order valence-electron chi connectivity index (χ1n) is 10.6. The summed E-state index contributed by atoms with van der Waals surface area (Å²) in [7, 11) is 0. The van der Waals surface area contributed by atoms with Gasteiger partial charge in [-0.15, -0.1) is 0 Å². The average molecular weight is 396 g/mol. The van der Waals surface area contributed by atoms with Crippen LogP contribution in [0.25, 0.3) is 10.9 Å². The predicted octanol–water partition coefficient (Wildman–Crippen LogP) is 3.73. The van der Waals surface area contributed by atoms with E-state index in [1.54, 1.807) is 0 Å². The van der Waals surface area contributed by atoms with Gasteiger partial charge in [0.05, 0.1) is 30.4 Å². The Kier molecular flexibility index (Phi) is 5.81. The Morgan fingerprint density at radius 1 is 1.24 bits per heavy atom. The van der Waals surface area contributed by atoms with E-state index in [1.165, 1.54) is 0 Å². The molecule has 2 atom stereocenters. The first-order chi connectivity index (χ1) is 14.1. The zero-order valence-electron chi connectivity index (χ0n) is 16.9. The van der Waals surface area contributed by atoms with Gasteiger partial charge < -0.3 is 14.4 Å². The van der Waals surface area contributed by atoms with Crippen molar-refractivity contribution in [1.82, 2.24) is 9.88 Å². The van der Waals surface area contributed by atoms with Crippen LogP contribution in [0.3, 0.4) is 0 Å². The van der Waals surface area contributed by atoms with Gasteiger partial charge in [0, 0.05) is 18.4 Å². The van der Waals surface area contributed by atoms with E-state index in [-0.39, 0.29) is 23.6 Å². The summed E-state index contributed by atoms with van der Waals surface area (Å²) in [5.41, 5.74) is 1.03. The summed E-state index contributed by atoms with van der Waals surface area (Å²) in [4.78, 5) is 31.2. The number of aromatic nitrogens is 1. The predicted molar refractivity (Wildman–Crippen MR) is 110 cm³/mol. The molecule has 0 bridgehead atoms. The Morgan fingerprint density at radius 2 is 2.10 bits per heavy atom. The highest BCUT2D eigenvalue weighted by molar-refractivity contribution is 5.95. The highest BCUT2D eigenvalue weighted by atomic mass is 16.5. The Hall–Kier alpha value is -2.47. The molecule has 6 nitrogen and oxygen atoms in total. The summed E-state index contributed by atoms with van der Waals surface area (Å²) >= 11 is 0. The minimum atomic E-state index is -0.288. The Labute approximate surface area is 171 Å². The molecule has 1 aromatic heterocycles. The first kappa shape index (κ1) is 19.8. The number of fused-ring (bicyclic) bond motifs is 1. The van der Waals surface area contributed by atoms with Crippen molar-refractivity contribution in [3.05, 3.63) is 42.1 Å². The summed E-state index contributed by atoms with van der Waals surface area (Å²) in [5, 5.41) is 1.03. The van der Waals surface area contributed by atoms with Crippen LogP contribution in [0.4, 0.5) is 0 Å². The third kappa shape index (κ3) is 4.42. The van der Waals surface area contributed by atoms with Gasteiger partial charge in [-0.25, -0.2) is 4.98 Å². The number of ether oxygens (including phenoxy) is 2. The molecular weight excluding hydrogens is 368 g/mol. The molecule has 0 unspecified atom stereocenters. The molecule has 3 heterocycles. The van der Waals surface area contributed by atoms with Gasteiger partial charge in [-0.05, 0) is 51.2 Å². The van der Waals surface area contributed by atoms with E-state index in [4.69, 9.17) is 9.47 Å². The number of nitrogens with zero attached hydrogens (tertiary/aromatic N) is 2. The van der Waals surface area contributed by atoms with Crippen LogP contribution in [-0.2, 0) is 14.3 Å². The van der Waals surface area contributed by atoms with Crippen molar-refractivity contribution in [2.45, 2.75) is 57.2 Å². The molecule has 1 spiro atoms. The molecule has 2 fully saturated rings. The molecule has 154 valence electrons. The number of carbonyl (C=O) groups excluding carboxylic acids is 2. The second-order valence-corrected chi connectivity index (χ2v) is 8.02. The monoisotopic (exact) mass is 396 g/mol. The topological polar surface area (TPSA) is 68.7 Å². The lowest BCUT2D eigenvalue weighted by atomic mass is 9.89. The zero-order valence-corrected chi connectivity index (χ0v) is 16.9. The largest absolute Gasteiger partial charge is 0.466 e. The number of para-hydroxylation sites is 1. The summed E-state index contributed by atoms with van der Waals surface area (Å²) in [6.45, 7) is 3.55. The van der Waals surface area contributed by atoms with Gasteiger partial charge in [0.2, 0.25) is 0 Å². The minimum absolute atomic E-state index is 0.0339. The van der Waals surface area contributed by atoms with Crippen LogP contribution in [-0.4, -0.2) is 53.2 Å². The number of pyridine rings is 1. The molecule has 1 aromatic carbocycles. The van der Waals surface area contributed by atoms with Crippen LogP contribution in [0.1, 0.15) is 55.9 Å². The van der Waals surface area contributed by atoms with E-state index in [0.29, 0.717) is 31.7 Å². The molecule has 6 heteroatoms. The Bertz CT molecular complexity index is 899. The van der Waals surface area contributed by atoms with Gasteiger partial charge >= 0.3 is 5.97 Å². The van der Waals surface area contributed by atoms with Crippen LogP contribution in [0.5, 0.6) is 0 Å². The van der Waals surface area contributed by atoms with Gasteiger partial charge in [0.15, 0.2) is 0 Å². The summed E-state index contributed by atoms with van der Waals surface area (Å²) in [6, 6.07) is 11.6. The second-order valence-electron chi connectivity index (χ2n) is 8.02. The van der Waals surface area contributed by atoms with Crippen LogP contribution in [0.2, 0.25) is 0 Å². The number of piperidine rings is 1. The fraction of sp³-hybridized carbons (Fsp3) is 0.522. The number of likely N-dealkylation sites (tertiary alicyclic amines) is 1. The maximum absolute atomic E-state index is 13.1. The van der Waals surface area contributed by atoms with E-state index in [2.05, 4.69) is 4.98 Å². The number of rotatable bonds is 5. The lowest BCUT2D eigenvalue weighted by Gasteiger charge is -2.40. The van der Waals surface area contributed by atoms with E-state index < -0.39 is 0 Å². The van der Waals surface area contributed by atoms with Gasteiger partial charge in [0.1, 0.15) is 5.69 Å². The standard InChI is InChI=1S/C23H28N2O4/c1-2-28-21(26)11-9-18-12-14-23(29-18)13-5-15-25(16-23)22(27)20-10-8-17-6-3-4-7-19(17)24-20/h3-4,6-8,10,18H,2,5,9,11-16H2,1H3/t18-,23-/m0/s1. The maximum atomic E-state index is 13.1. The normalized spacial score (nSPS) is 24.2. The maximum Gasteiger partial charge on any atom is 0.305 e. The Morgan fingerprint density at radius 3 is 2.97 bits per heavy atom. The lowest BCUT2D eigenvalue weighted by molar-refractivity contribution is -0.144. The molecular formula is C23H28N2O4. The number of amides is 1. The third-order valence-electron chi connectivity index (χ3n) is 5.96. The van der Waals surface area contributed by atoms with Gasteiger partial charge in [-0.3, -0.25) is 9.59 Å². The minimum Gasteiger partial charge on any atom is -0.466 e.